The van der Waals surface area contributed by atoms with Gasteiger partial charge in [0.05, 0.1) is 6.33 Å². The molecule has 5 rings (SSSR count). The molecule has 0 saturated carbocycles. The van der Waals surface area contributed by atoms with Gasteiger partial charge in [-0.3, -0.25) is 0 Å². The second-order valence-corrected chi connectivity index (χ2v) is 7.08. The van der Waals surface area contributed by atoms with E-state index in [1.165, 1.54) is 11.8 Å². The van der Waals surface area contributed by atoms with Gasteiger partial charge >= 0.3 is 0 Å². The Balaban J connectivity index is 1.42. The highest BCUT2D eigenvalue weighted by Gasteiger charge is 2.20. The summed E-state index contributed by atoms with van der Waals surface area (Å²) in [5.74, 6) is 2.61. The van der Waals surface area contributed by atoms with Crippen LogP contribution in [0.4, 0.5) is 5.82 Å². The van der Waals surface area contributed by atoms with Gasteiger partial charge in [0, 0.05) is 30.4 Å². The van der Waals surface area contributed by atoms with Gasteiger partial charge in [0.1, 0.15) is 0 Å². The lowest BCUT2D eigenvalue weighted by molar-refractivity contribution is 0.174. The molecule has 2 N–H and O–H groups in total. The number of aromatic nitrogens is 5. The van der Waals surface area contributed by atoms with Crippen LogP contribution in [0.15, 0.2) is 59.1 Å². The van der Waals surface area contributed by atoms with Crippen LogP contribution >= 0.6 is 11.8 Å². The van der Waals surface area contributed by atoms with E-state index in [1.807, 2.05) is 47.3 Å². The van der Waals surface area contributed by atoms with Crippen molar-refractivity contribution >= 4 is 17.6 Å². The largest absolute Gasteiger partial charge is 0.454 e. The van der Waals surface area contributed by atoms with E-state index in [4.69, 9.17) is 15.2 Å². The molecule has 0 aliphatic carbocycles. The summed E-state index contributed by atoms with van der Waals surface area (Å²) in [4.78, 5) is 14.5. The summed E-state index contributed by atoms with van der Waals surface area (Å²) in [6.07, 6.45) is 5.77. The van der Waals surface area contributed by atoms with E-state index in [0.29, 0.717) is 16.7 Å². The predicted molar refractivity (Wildman–Crippen MR) is 100.0 cm³/mol. The minimum absolute atomic E-state index is 0.254. The Labute approximate surface area is 159 Å². The fourth-order valence-electron chi connectivity index (χ4n) is 2.93. The lowest BCUT2D eigenvalue weighted by Crippen LogP contribution is -2.11. The van der Waals surface area contributed by atoms with Gasteiger partial charge in [-0.2, -0.15) is 0 Å². The van der Waals surface area contributed by atoms with Crippen LogP contribution in [0.1, 0.15) is 0 Å². The van der Waals surface area contributed by atoms with Crippen LogP contribution in [0.25, 0.3) is 11.5 Å². The normalized spacial score (nSPS) is 12.7. The Morgan fingerprint density at radius 2 is 1.93 bits per heavy atom. The molecule has 1 aromatic carbocycles. The topological polar surface area (TPSA) is 93.0 Å². The highest BCUT2D eigenvalue weighted by Crippen LogP contribution is 2.38. The van der Waals surface area contributed by atoms with Gasteiger partial charge in [0.15, 0.2) is 34.0 Å². The van der Waals surface area contributed by atoms with Crippen molar-refractivity contribution in [3.05, 3.63) is 49.1 Å². The minimum atomic E-state index is 0.254. The number of aryl methyl sites for hydroxylation is 2. The first-order valence-electron chi connectivity index (χ1n) is 8.43. The maximum atomic E-state index is 6.02. The number of ether oxygens (including phenoxy) is 2. The fraction of sp³-hybridized carbons (Fsp3) is 0.167. The van der Waals surface area contributed by atoms with Gasteiger partial charge in [-0.1, -0.05) is 0 Å². The van der Waals surface area contributed by atoms with Crippen molar-refractivity contribution in [2.24, 2.45) is 0 Å². The smallest absolute Gasteiger partial charge is 0.231 e. The fourth-order valence-corrected chi connectivity index (χ4v) is 3.71. The van der Waals surface area contributed by atoms with E-state index < -0.39 is 0 Å². The highest BCUT2D eigenvalue weighted by atomic mass is 32.2. The van der Waals surface area contributed by atoms with Gasteiger partial charge in [-0.05, 0) is 42.1 Å². The van der Waals surface area contributed by atoms with Crippen molar-refractivity contribution in [3.63, 3.8) is 0 Å². The first-order valence-corrected chi connectivity index (χ1v) is 9.24. The zero-order chi connectivity index (χ0) is 18.2. The Hall–Kier alpha value is -3.20. The number of nitrogens with two attached hydrogens (primary N) is 1. The maximum absolute atomic E-state index is 6.02. The molecule has 136 valence electrons. The predicted octanol–water partition coefficient (Wildman–Crippen LogP) is 2.74. The van der Waals surface area contributed by atoms with Crippen LogP contribution in [-0.2, 0) is 13.1 Å². The first kappa shape index (κ1) is 16.0. The third-order valence-corrected chi connectivity index (χ3v) is 5.14. The molecule has 2 aromatic rings. The molecule has 0 saturated heterocycles. The quantitative estimate of drug-likeness (QED) is 0.569. The van der Waals surface area contributed by atoms with E-state index in [9.17, 15) is 0 Å². The molecule has 0 fully saturated rings. The molecule has 9 heteroatoms. The Morgan fingerprint density at radius 1 is 1.07 bits per heavy atom. The van der Waals surface area contributed by atoms with Crippen molar-refractivity contribution in [2.75, 3.05) is 12.5 Å². The number of fused-ring (bicyclic) bond motifs is 2. The number of nitrogens with zero attached hydrogens (tertiary/aromatic N) is 5. The zero-order valence-electron chi connectivity index (χ0n) is 14.3. The SMILES string of the molecule is Nc1ncn(CCn2cccc2)c2nc(Sc3ccc4c(c3)OCO4)nc1-2. The molecule has 0 radical (unpaired) electrons. The van der Waals surface area contributed by atoms with Crippen molar-refractivity contribution in [3.8, 4) is 23.0 Å². The van der Waals surface area contributed by atoms with Gasteiger partial charge in [0.25, 0.3) is 0 Å². The molecule has 3 aliphatic heterocycles. The van der Waals surface area contributed by atoms with Crippen LogP contribution in [0, 0.1) is 0 Å². The van der Waals surface area contributed by atoms with Crippen LogP contribution in [-0.4, -0.2) is 30.9 Å². The van der Waals surface area contributed by atoms with Crippen LogP contribution in [0.5, 0.6) is 11.5 Å². The number of anilines is 1. The van der Waals surface area contributed by atoms with E-state index in [1.54, 1.807) is 6.33 Å². The van der Waals surface area contributed by atoms with Gasteiger partial charge in [-0.15, -0.1) is 0 Å². The van der Waals surface area contributed by atoms with Crippen molar-refractivity contribution in [1.29, 1.82) is 0 Å². The summed E-state index contributed by atoms with van der Waals surface area (Å²) in [6.45, 7) is 1.80. The molecule has 8 nitrogen and oxygen atoms in total. The number of rotatable bonds is 5. The molecule has 0 atom stereocenters. The van der Waals surface area contributed by atoms with E-state index in [-0.39, 0.29) is 6.79 Å². The summed E-state index contributed by atoms with van der Waals surface area (Å²) < 4.78 is 14.9. The summed E-state index contributed by atoms with van der Waals surface area (Å²) in [5, 5.41) is 0.623. The lowest BCUT2D eigenvalue weighted by Gasteiger charge is -2.11. The maximum Gasteiger partial charge on any atom is 0.231 e. The van der Waals surface area contributed by atoms with E-state index in [0.717, 1.165) is 35.3 Å². The van der Waals surface area contributed by atoms with E-state index in [2.05, 4.69) is 19.5 Å². The van der Waals surface area contributed by atoms with Gasteiger partial charge in [0.2, 0.25) is 6.79 Å². The van der Waals surface area contributed by atoms with Crippen LogP contribution in [0.3, 0.4) is 0 Å². The molecular formula is C18H16N6O2S. The molecule has 3 aliphatic rings. The third kappa shape index (κ3) is 3.06. The molecule has 0 amide bonds. The van der Waals surface area contributed by atoms with Crippen molar-refractivity contribution in [1.82, 2.24) is 24.1 Å². The zero-order valence-corrected chi connectivity index (χ0v) is 15.1. The Morgan fingerprint density at radius 3 is 2.81 bits per heavy atom. The number of hydrogen-bond donors (Lipinski definition) is 1. The second-order valence-electron chi connectivity index (χ2n) is 6.04. The number of hydrogen-bond acceptors (Lipinski definition) is 7. The molecule has 4 heterocycles. The summed E-state index contributed by atoms with van der Waals surface area (Å²) in [7, 11) is 0. The first-order chi connectivity index (χ1) is 13.3. The summed E-state index contributed by atoms with van der Waals surface area (Å²) in [5.41, 5.74) is 6.64. The van der Waals surface area contributed by atoms with Crippen molar-refractivity contribution < 1.29 is 9.47 Å². The third-order valence-electron chi connectivity index (χ3n) is 4.29. The molecule has 0 unspecified atom stereocenters. The van der Waals surface area contributed by atoms with Crippen molar-refractivity contribution in [2.45, 2.75) is 23.1 Å². The molecule has 27 heavy (non-hydrogen) atoms. The summed E-state index contributed by atoms with van der Waals surface area (Å²) in [6, 6.07) is 9.78. The molecule has 1 aromatic heterocycles. The van der Waals surface area contributed by atoms with Gasteiger partial charge in [-0.25, -0.2) is 15.0 Å². The molecule has 0 bridgehead atoms. The molecule has 0 spiro atoms. The number of imidazole rings is 1. The number of nitrogen functional groups attached to an aromatic ring is 1. The monoisotopic (exact) mass is 380 g/mol. The van der Waals surface area contributed by atoms with Crippen LogP contribution in [0.2, 0.25) is 0 Å². The lowest BCUT2D eigenvalue weighted by atomic mass is 10.3. The Bertz CT molecular complexity index is 1060. The Kier molecular flexibility index (Phi) is 3.86. The standard InChI is InChI=1S/C18H16N6O2S/c19-16-15-17(24(10-20-16)8-7-23-5-1-2-6-23)22-18(21-15)27-12-3-4-13-14(9-12)26-11-25-13/h1-6,9-10H,7-8,11,19H2. The highest BCUT2D eigenvalue weighted by molar-refractivity contribution is 7.99. The van der Waals surface area contributed by atoms with Crippen LogP contribution < -0.4 is 15.2 Å². The minimum Gasteiger partial charge on any atom is -0.454 e. The average Bonchev–Trinajstić information content (AvgIpc) is 3.41. The second kappa shape index (κ2) is 6.51. The summed E-state index contributed by atoms with van der Waals surface area (Å²) >= 11 is 1.45. The number of benzene rings is 1. The molecular weight excluding hydrogens is 364 g/mol. The average molecular weight is 380 g/mol. The van der Waals surface area contributed by atoms with Gasteiger partial charge < -0.3 is 24.3 Å². The van der Waals surface area contributed by atoms with E-state index >= 15 is 0 Å².